The van der Waals surface area contributed by atoms with E-state index >= 15 is 0 Å². The Morgan fingerprint density at radius 1 is 1.32 bits per heavy atom. The number of anilines is 1. The molecule has 0 spiro atoms. The van der Waals surface area contributed by atoms with Gasteiger partial charge in [0.15, 0.2) is 0 Å². The van der Waals surface area contributed by atoms with Crippen LogP contribution >= 0.6 is 0 Å². The number of hydrogen-bond acceptors (Lipinski definition) is 5. The monoisotopic (exact) mass is 341 g/mol. The summed E-state index contributed by atoms with van der Waals surface area (Å²) in [5.74, 6) is 1.38. The summed E-state index contributed by atoms with van der Waals surface area (Å²) in [6.45, 7) is 2.77. The highest BCUT2D eigenvalue weighted by molar-refractivity contribution is 5.99. The van der Waals surface area contributed by atoms with Gasteiger partial charge in [-0.15, -0.1) is 5.10 Å². The summed E-state index contributed by atoms with van der Waals surface area (Å²) in [6.07, 6.45) is 4.76. The molecule has 132 valence electrons. The van der Waals surface area contributed by atoms with Crippen LogP contribution in [-0.2, 0) is 11.2 Å². The molecule has 2 aromatic rings. The van der Waals surface area contributed by atoms with Gasteiger partial charge in [0, 0.05) is 12.7 Å². The van der Waals surface area contributed by atoms with Crippen LogP contribution in [0.1, 0.15) is 24.6 Å². The van der Waals surface area contributed by atoms with E-state index in [9.17, 15) is 4.79 Å². The molecule has 7 nitrogen and oxygen atoms in total. The van der Waals surface area contributed by atoms with E-state index in [1.807, 2.05) is 30.5 Å². The molecule has 0 saturated carbocycles. The second-order valence-electron chi connectivity index (χ2n) is 6.72. The Labute approximate surface area is 147 Å². The molecule has 0 bridgehead atoms. The van der Waals surface area contributed by atoms with Crippen LogP contribution in [0.5, 0.6) is 5.75 Å². The molecule has 2 saturated heterocycles. The number of methoxy groups -OCH3 is 1. The Bertz CT molecular complexity index is 753. The molecule has 2 fully saturated rings. The van der Waals surface area contributed by atoms with Crippen LogP contribution in [0.4, 0.5) is 5.69 Å². The normalized spacial score (nSPS) is 23.4. The van der Waals surface area contributed by atoms with Gasteiger partial charge in [0.2, 0.25) is 0 Å². The second-order valence-corrected chi connectivity index (χ2v) is 6.72. The molecule has 0 radical (unpaired) electrons. The molecule has 4 rings (SSSR count). The number of carbonyl (C=O) groups is 1. The van der Waals surface area contributed by atoms with E-state index in [2.05, 4.69) is 15.6 Å². The first kappa shape index (κ1) is 16.1. The van der Waals surface area contributed by atoms with Gasteiger partial charge in [-0.1, -0.05) is 17.3 Å². The number of rotatable bonds is 5. The Kier molecular flexibility index (Phi) is 4.40. The zero-order chi connectivity index (χ0) is 17.2. The predicted octanol–water partition coefficient (Wildman–Crippen LogP) is 1.42. The lowest BCUT2D eigenvalue weighted by atomic mass is 10.0. The van der Waals surface area contributed by atoms with E-state index in [1.54, 1.807) is 16.7 Å². The molecule has 2 aliphatic heterocycles. The Balaban J connectivity index is 1.49. The lowest BCUT2D eigenvalue weighted by molar-refractivity contribution is -0.120. The van der Waals surface area contributed by atoms with Gasteiger partial charge in [-0.25, -0.2) is 4.68 Å². The molecule has 3 heterocycles. The van der Waals surface area contributed by atoms with Crippen LogP contribution in [0.25, 0.3) is 0 Å². The summed E-state index contributed by atoms with van der Waals surface area (Å²) in [7, 11) is 1.62. The number of amides is 1. The van der Waals surface area contributed by atoms with Gasteiger partial charge in [-0.05, 0) is 50.4 Å². The highest BCUT2D eigenvalue weighted by atomic mass is 16.5. The summed E-state index contributed by atoms with van der Waals surface area (Å²) < 4.78 is 7.12. The number of ether oxygens (including phenoxy) is 1. The van der Waals surface area contributed by atoms with Crippen molar-refractivity contribution >= 4 is 11.6 Å². The van der Waals surface area contributed by atoms with Gasteiger partial charge in [0.25, 0.3) is 5.91 Å². The largest absolute Gasteiger partial charge is 0.495 e. The zero-order valence-electron chi connectivity index (χ0n) is 14.4. The van der Waals surface area contributed by atoms with E-state index in [-0.39, 0.29) is 11.9 Å². The molecule has 7 heteroatoms. The van der Waals surface area contributed by atoms with Crippen molar-refractivity contribution in [3.63, 3.8) is 0 Å². The Morgan fingerprint density at radius 2 is 2.20 bits per heavy atom. The van der Waals surface area contributed by atoms with Crippen molar-refractivity contribution in [3.05, 3.63) is 36.2 Å². The lowest BCUT2D eigenvalue weighted by Crippen LogP contribution is -2.28. The molecular formula is C18H23N5O2. The first-order valence-corrected chi connectivity index (χ1v) is 8.82. The zero-order valence-corrected chi connectivity index (χ0v) is 14.4. The van der Waals surface area contributed by atoms with Gasteiger partial charge in [-0.3, -0.25) is 4.79 Å². The fourth-order valence-electron chi connectivity index (χ4n) is 3.75. The lowest BCUT2D eigenvalue weighted by Gasteiger charge is -2.19. The third kappa shape index (κ3) is 3.11. The summed E-state index contributed by atoms with van der Waals surface area (Å²) in [4.78, 5) is 14.7. The number of aromatic nitrogens is 3. The molecular weight excluding hydrogens is 318 g/mol. The summed E-state index contributed by atoms with van der Waals surface area (Å²) in [6, 6.07) is 7.33. The van der Waals surface area contributed by atoms with Crippen LogP contribution < -0.4 is 15.0 Å². The molecule has 1 aromatic heterocycles. The van der Waals surface area contributed by atoms with Crippen molar-refractivity contribution in [1.82, 2.24) is 20.3 Å². The summed E-state index contributed by atoms with van der Waals surface area (Å²) >= 11 is 0. The number of nitrogens with one attached hydrogen (secondary N) is 1. The van der Waals surface area contributed by atoms with Crippen LogP contribution in [0.2, 0.25) is 0 Å². The predicted molar refractivity (Wildman–Crippen MR) is 93.7 cm³/mol. The van der Waals surface area contributed by atoms with E-state index in [4.69, 9.17) is 4.74 Å². The fourth-order valence-corrected chi connectivity index (χ4v) is 3.75. The van der Waals surface area contributed by atoms with Gasteiger partial charge in [-0.2, -0.15) is 0 Å². The standard InChI is InChI=1S/C18H23N5O2/c1-25-17-5-3-2-4-15(17)22-9-7-16(18(22)24)23-12-14(20-21-23)10-13-6-8-19-11-13/h2-5,12-13,16,19H,6-11H2,1H3. The maximum atomic E-state index is 12.9. The number of para-hydroxylation sites is 2. The molecule has 1 aromatic carbocycles. The van der Waals surface area contributed by atoms with Crippen molar-refractivity contribution in [1.29, 1.82) is 0 Å². The minimum absolute atomic E-state index is 0.0449. The van der Waals surface area contributed by atoms with Crippen LogP contribution in [0.15, 0.2) is 30.5 Å². The minimum Gasteiger partial charge on any atom is -0.495 e. The third-order valence-electron chi connectivity index (χ3n) is 5.09. The molecule has 2 atom stereocenters. The minimum atomic E-state index is -0.284. The second kappa shape index (κ2) is 6.84. The molecule has 25 heavy (non-hydrogen) atoms. The highest BCUT2D eigenvalue weighted by Gasteiger charge is 2.36. The molecule has 1 N–H and O–H groups in total. The maximum Gasteiger partial charge on any atom is 0.252 e. The molecule has 1 amide bonds. The van der Waals surface area contributed by atoms with Crippen molar-refractivity contribution in [2.45, 2.75) is 25.3 Å². The van der Waals surface area contributed by atoms with Gasteiger partial charge in [0.05, 0.1) is 18.5 Å². The Morgan fingerprint density at radius 3 is 3.00 bits per heavy atom. The quantitative estimate of drug-likeness (QED) is 0.890. The van der Waals surface area contributed by atoms with Crippen molar-refractivity contribution in [3.8, 4) is 5.75 Å². The smallest absolute Gasteiger partial charge is 0.252 e. The molecule has 2 aliphatic rings. The Hall–Kier alpha value is -2.41. The third-order valence-corrected chi connectivity index (χ3v) is 5.09. The topological polar surface area (TPSA) is 72.3 Å². The van der Waals surface area contributed by atoms with E-state index < -0.39 is 0 Å². The van der Waals surface area contributed by atoms with Crippen LogP contribution in [0, 0.1) is 5.92 Å². The van der Waals surface area contributed by atoms with Crippen molar-refractivity contribution in [2.24, 2.45) is 5.92 Å². The average Bonchev–Trinajstić information content (AvgIpc) is 3.37. The molecule has 0 aliphatic carbocycles. The first-order valence-electron chi connectivity index (χ1n) is 8.82. The van der Waals surface area contributed by atoms with Crippen LogP contribution in [0.3, 0.4) is 0 Å². The van der Waals surface area contributed by atoms with Crippen LogP contribution in [-0.4, -0.2) is 47.6 Å². The van der Waals surface area contributed by atoms with Gasteiger partial charge >= 0.3 is 0 Å². The summed E-state index contributed by atoms with van der Waals surface area (Å²) in [5, 5.41) is 11.9. The van der Waals surface area contributed by atoms with E-state index in [1.165, 1.54) is 6.42 Å². The SMILES string of the molecule is COc1ccccc1N1CCC(n2cc(CC3CCNC3)nn2)C1=O. The number of hydrogen-bond donors (Lipinski definition) is 1. The summed E-state index contributed by atoms with van der Waals surface area (Å²) in [5.41, 5.74) is 1.78. The highest BCUT2D eigenvalue weighted by Crippen LogP contribution is 2.34. The maximum absolute atomic E-state index is 12.9. The van der Waals surface area contributed by atoms with Gasteiger partial charge in [0.1, 0.15) is 11.8 Å². The fraction of sp³-hybridized carbons (Fsp3) is 0.500. The van der Waals surface area contributed by atoms with Crippen molar-refractivity contribution < 1.29 is 9.53 Å². The van der Waals surface area contributed by atoms with Crippen molar-refractivity contribution in [2.75, 3.05) is 31.6 Å². The van der Waals surface area contributed by atoms with Gasteiger partial charge < -0.3 is 15.0 Å². The average molecular weight is 341 g/mol. The number of benzene rings is 1. The number of nitrogens with zero attached hydrogens (tertiary/aromatic N) is 4. The number of carbonyl (C=O) groups excluding carboxylic acids is 1. The van der Waals surface area contributed by atoms with E-state index in [0.29, 0.717) is 18.2 Å². The van der Waals surface area contributed by atoms with E-state index in [0.717, 1.165) is 37.3 Å². The first-order chi connectivity index (χ1) is 12.3. The molecule has 2 unspecified atom stereocenters.